The highest BCUT2D eigenvalue weighted by molar-refractivity contribution is 7.89. The maximum absolute atomic E-state index is 12.2. The third-order valence-electron chi connectivity index (χ3n) is 2.53. The molecule has 0 saturated heterocycles. The summed E-state index contributed by atoms with van der Waals surface area (Å²) in [6.07, 6.45) is 0. The Morgan fingerprint density at radius 1 is 1.24 bits per heavy atom. The molecule has 120 valence electrons. The Kier molecular flexibility index (Phi) is 7.44. The van der Waals surface area contributed by atoms with Crippen LogP contribution in [0.3, 0.4) is 0 Å². The minimum absolute atomic E-state index is 0.0289. The van der Waals surface area contributed by atoms with Crippen molar-refractivity contribution in [3.63, 3.8) is 0 Å². The third-order valence-corrected chi connectivity index (χ3v) is 4.01. The molecule has 0 radical (unpaired) electrons. The molecule has 0 aromatic heterocycles. The van der Waals surface area contributed by atoms with Gasteiger partial charge < -0.3 is 19.9 Å². The molecule has 1 aromatic rings. The Hall–Kier alpha value is -1.35. The summed E-state index contributed by atoms with van der Waals surface area (Å²) in [5.74, 6) is 0.277. The van der Waals surface area contributed by atoms with Crippen molar-refractivity contribution in [3.8, 4) is 5.75 Å². The van der Waals surface area contributed by atoms with E-state index in [2.05, 4.69) is 4.72 Å². The first-order valence-corrected chi connectivity index (χ1v) is 8.08. The molecule has 0 aliphatic heterocycles. The molecule has 1 rings (SSSR count). The number of hydrogen-bond acceptors (Lipinski definition) is 6. The third kappa shape index (κ3) is 5.88. The summed E-state index contributed by atoms with van der Waals surface area (Å²) in [5.41, 5.74) is 6.00. The van der Waals surface area contributed by atoms with Crippen molar-refractivity contribution in [1.29, 1.82) is 0 Å². The number of hydrogen-bond donors (Lipinski definition) is 2. The van der Waals surface area contributed by atoms with Crippen molar-refractivity contribution in [3.05, 3.63) is 18.2 Å². The van der Waals surface area contributed by atoms with Crippen LogP contribution in [0, 0.1) is 0 Å². The van der Waals surface area contributed by atoms with Crippen LogP contribution in [-0.2, 0) is 19.5 Å². The zero-order chi connectivity index (χ0) is 15.7. The van der Waals surface area contributed by atoms with Crippen LogP contribution in [0.1, 0.15) is 6.92 Å². The molecule has 0 aliphatic rings. The Bertz CT molecular complexity index is 533. The molecule has 0 bridgehead atoms. The van der Waals surface area contributed by atoms with Crippen molar-refractivity contribution in [2.45, 2.75) is 11.8 Å². The number of sulfonamides is 1. The molecule has 7 nitrogen and oxygen atoms in total. The van der Waals surface area contributed by atoms with Crippen molar-refractivity contribution in [2.75, 3.05) is 45.8 Å². The first-order chi connectivity index (χ1) is 10.0. The number of methoxy groups -OCH3 is 1. The number of nitrogens with one attached hydrogen (secondary N) is 1. The Morgan fingerprint density at radius 3 is 2.67 bits per heavy atom. The molecule has 0 unspecified atom stereocenters. The van der Waals surface area contributed by atoms with E-state index in [4.69, 9.17) is 19.9 Å². The Balaban J connectivity index is 2.67. The lowest BCUT2D eigenvalue weighted by atomic mass is 10.3. The molecule has 0 amide bonds. The molecule has 0 aliphatic carbocycles. The minimum Gasteiger partial charge on any atom is -0.492 e. The summed E-state index contributed by atoms with van der Waals surface area (Å²) < 4.78 is 42.3. The molecule has 21 heavy (non-hydrogen) atoms. The maximum Gasteiger partial charge on any atom is 0.244 e. The highest BCUT2D eigenvalue weighted by atomic mass is 32.2. The van der Waals surface area contributed by atoms with Gasteiger partial charge in [-0.25, -0.2) is 13.1 Å². The standard InChI is InChI=1S/C13H22N2O5S/c1-3-20-12-5-4-11(14)10-13(12)21(16,17)15-6-7-19-9-8-18-2/h4-5,10,15H,3,6-9,14H2,1-2H3. The van der Waals surface area contributed by atoms with Crippen LogP contribution in [0.15, 0.2) is 23.1 Å². The minimum atomic E-state index is -3.69. The average molecular weight is 318 g/mol. The van der Waals surface area contributed by atoms with Crippen molar-refractivity contribution in [1.82, 2.24) is 4.72 Å². The van der Waals surface area contributed by atoms with E-state index in [1.807, 2.05) is 0 Å². The molecule has 0 atom stereocenters. The van der Waals surface area contributed by atoms with E-state index in [0.29, 0.717) is 25.5 Å². The predicted molar refractivity (Wildman–Crippen MR) is 79.9 cm³/mol. The molecule has 0 heterocycles. The summed E-state index contributed by atoms with van der Waals surface area (Å²) in [6.45, 7) is 3.45. The van der Waals surface area contributed by atoms with Crippen LogP contribution in [0.4, 0.5) is 5.69 Å². The van der Waals surface area contributed by atoms with Gasteiger partial charge in [-0.1, -0.05) is 0 Å². The Labute approximate surface area is 125 Å². The number of anilines is 1. The number of ether oxygens (including phenoxy) is 3. The summed E-state index contributed by atoms with van der Waals surface area (Å²) in [7, 11) is -2.12. The van der Waals surface area contributed by atoms with Gasteiger partial charge >= 0.3 is 0 Å². The zero-order valence-corrected chi connectivity index (χ0v) is 13.1. The van der Waals surface area contributed by atoms with E-state index in [1.165, 1.54) is 6.07 Å². The molecule has 8 heteroatoms. The maximum atomic E-state index is 12.2. The smallest absolute Gasteiger partial charge is 0.244 e. The predicted octanol–water partition coefficient (Wildman–Crippen LogP) is 0.609. The summed E-state index contributed by atoms with van der Waals surface area (Å²) >= 11 is 0. The Morgan fingerprint density at radius 2 is 2.00 bits per heavy atom. The second kappa shape index (κ2) is 8.83. The summed E-state index contributed by atoms with van der Waals surface area (Å²) in [4.78, 5) is 0.0289. The molecule has 0 saturated carbocycles. The van der Waals surface area contributed by atoms with Gasteiger partial charge in [0.1, 0.15) is 10.6 Å². The fourth-order valence-electron chi connectivity index (χ4n) is 1.58. The van der Waals surface area contributed by atoms with Crippen LogP contribution >= 0.6 is 0 Å². The number of nitrogens with two attached hydrogens (primary N) is 1. The van der Waals surface area contributed by atoms with Gasteiger partial charge in [-0.3, -0.25) is 0 Å². The molecule has 1 aromatic carbocycles. The highest BCUT2D eigenvalue weighted by Gasteiger charge is 2.19. The highest BCUT2D eigenvalue weighted by Crippen LogP contribution is 2.25. The van der Waals surface area contributed by atoms with Gasteiger partial charge in [-0.05, 0) is 25.1 Å². The second-order valence-electron chi connectivity index (χ2n) is 4.14. The lowest BCUT2D eigenvalue weighted by molar-refractivity contribution is 0.0736. The second-order valence-corrected chi connectivity index (χ2v) is 5.88. The lowest BCUT2D eigenvalue weighted by Gasteiger charge is -2.12. The molecular weight excluding hydrogens is 296 g/mol. The number of rotatable bonds is 10. The van der Waals surface area contributed by atoms with E-state index in [-0.39, 0.29) is 23.8 Å². The SMILES string of the molecule is CCOc1ccc(N)cc1S(=O)(=O)NCCOCCOC. The van der Waals surface area contributed by atoms with Crippen LogP contribution in [0.25, 0.3) is 0 Å². The van der Waals surface area contributed by atoms with Crippen LogP contribution in [-0.4, -0.2) is 48.5 Å². The van der Waals surface area contributed by atoms with Gasteiger partial charge in [-0.2, -0.15) is 0 Å². The van der Waals surface area contributed by atoms with E-state index in [0.717, 1.165) is 0 Å². The quantitative estimate of drug-likeness (QED) is 0.484. The van der Waals surface area contributed by atoms with E-state index >= 15 is 0 Å². The summed E-state index contributed by atoms with van der Waals surface area (Å²) in [6, 6.07) is 4.51. The monoisotopic (exact) mass is 318 g/mol. The fourth-order valence-corrected chi connectivity index (χ4v) is 2.77. The molecular formula is C13H22N2O5S. The number of nitrogen functional groups attached to an aromatic ring is 1. The van der Waals surface area contributed by atoms with Crippen molar-refractivity contribution in [2.24, 2.45) is 0 Å². The normalized spacial score (nSPS) is 11.5. The fraction of sp³-hybridized carbons (Fsp3) is 0.538. The van der Waals surface area contributed by atoms with E-state index in [1.54, 1.807) is 26.2 Å². The van der Waals surface area contributed by atoms with Crippen molar-refractivity contribution < 1.29 is 22.6 Å². The summed E-state index contributed by atoms with van der Waals surface area (Å²) in [5, 5.41) is 0. The van der Waals surface area contributed by atoms with Gasteiger partial charge in [0, 0.05) is 19.3 Å². The van der Waals surface area contributed by atoms with Crippen molar-refractivity contribution >= 4 is 15.7 Å². The van der Waals surface area contributed by atoms with Crippen LogP contribution in [0.2, 0.25) is 0 Å². The van der Waals surface area contributed by atoms with Gasteiger partial charge in [0.2, 0.25) is 10.0 Å². The lowest BCUT2D eigenvalue weighted by Crippen LogP contribution is -2.28. The van der Waals surface area contributed by atoms with E-state index < -0.39 is 10.0 Å². The van der Waals surface area contributed by atoms with Gasteiger partial charge in [-0.15, -0.1) is 0 Å². The van der Waals surface area contributed by atoms with Crippen LogP contribution < -0.4 is 15.2 Å². The first-order valence-electron chi connectivity index (χ1n) is 6.60. The molecule has 3 N–H and O–H groups in total. The van der Waals surface area contributed by atoms with Gasteiger partial charge in [0.05, 0.1) is 26.4 Å². The zero-order valence-electron chi connectivity index (χ0n) is 12.3. The number of benzene rings is 1. The van der Waals surface area contributed by atoms with Gasteiger partial charge in [0.25, 0.3) is 0 Å². The largest absolute Gasteiger partial charge is 0.492 e. The van der Waals surface area contributed by atoms with E-state index in [9.17, 15) is 8.42 Å². The van der Waals surface area contributed by atoms with Crippen LogP contribution in [0.5, 0.6) is 5.75 Å². The van der Waals surface area contributed by atoms with Gasteiger partial charge in [0.15, 0.2) is 0 Å². The average Bonchev–Trinajstić information content (AvgIpc) is 2.45. The molecule has 0 spiro atoms. The first kappa shape index (κ1) is 17.7. The topological polar surface area (TPSA) is 99.9 Å². The molecule has 0 fully saturated rings.